The number of rotatable bonds is 3. The van der Waals surface area contributed by atoms with Crippen LogP contribution in [0.15, 0.2) is 41.2 Å². The van der Waals surface area contributed by atoms with Crippen LogP contribution in [-0.4, -0.2) is 31.5 Å². The van der Waals surface area contributed by atoms with Crippen molar-refractivity contribution in [3.63, 3.8) is 0 Å². The van der Waals surface area contributed by atoms with Gasteiger partial charge in [0.15, 0.2) is 5.69 Å². The zero-order valence-corrected chi connectivity index (χ0v) is 15.6. The van der Waals surface area contributed by atoms with E-state index < -0.39 is 0 Å². The molecule has 7 nitrogen and oxygen atoms in total. The SMILES string of the molecule is Cc1ccc(=O)n(C2CCC(NC(=O)c3nn(C)c4ccccc34)CC2)n1. The Morgan fingerprint density at radius 3 is 2.59 bits per heavy atom. The predicted octanol–water partition coefficient (Wildman–Crippen LogP) is 2.35. The molecule has 0 spiro atoms. The van der Waals surface area contributed by atoms with Crippen molar-refractivity contribution in [3.05, 3.63) is 58.1 Å². The van der Waals surface area contributed by atoms with E-state index >= 15 is 0 Å². The zero-order valence-electron chi connectivity index (χ0n) is 15.6. The maximum atomic E-state index is 12.7. The van der Waals surface area contributed by atoms with Gasteiger partial charge in [0.1, 0.15) is 0 Å². The predicted molar refractivity (Wildman–Crippen MR) is 103 cm³/mol. The van der Waals surface area contributed by atoms with Gasteiger partial charge in [-0.25, -0.2) is 4.68 Å². The molecule has 140 valence electrons. The van der Waals surface area contributed by atoms with E-state index in [1.54, 1.807) is 21.5 Å². The number of hydrogen-bond acceptors (Lipinski definition) is 4. The van der Waals surface area contributed by atoms with Crippen molar-refractivity contribution < 1.29 is 4.79 Å². The highest BCUT2D eigenvalue weighted by Crippen LogP contribution is 2.27. The molecule has 1 aliphatic carbocycles. The fraction of sp³-hybridized carbons (Fsp3) is 0.400. The topological polar surface area (TPSA) is 81.8 Å². The summed E-state index contributed by atoms with van der Waals surface area (Å²) in [5, 5.41) is 12.7. The van der Waals surface area contributed by atoms with Crippen molar-refractivity contribution in [2.24, 2.45) is 7.05 Å². The summed E-state index contributed by atoms with van der Waals surface area (Å²) in [5.41, 5.74) is 2.18. The first kappa shape index (κ1) is 17.5. The lowest BCUT2D eigenvalue weighted by molar-refractivity contribution is 0.0917. The third-order valence-corrected chi connectivity index (χ3v) is 5.31. The summed E-state index contributed by atoms with van der Waals surface area (Å²) in [6.45, 7) is 1.89. The van der Waals surface area contributed by atoms with Crippen LogP contribution in [0.2, 0.25) is 0 Å². The highest BCUT2D eigenvalue weighted by Gasteiger charge is 2.26. The summed E-state index contributed by atoms with van der Waals surface area (Å²) in [6, 6.07) is 11.2. The highest BCUT2D eigenvalue weighted by atomic mass is 16.2. The Hall–Kier alpha value is -2.96. The highest BCUT2D eigenvalue weighted by molar-refractivity contribution is 6.04. The summed E-state index contributed by atoms with van der Waals surface area (Å²) < 4.78 is 3.33. The van der Waals surface area contributed by atoms with Gasteiger partial charge in [-0.2, -0.15) is 10.2 Å². The first-order valence-corrected chi connectivity index (χ1v) is 9.32. The largest absolute Gasteiger partial charge is 0.348 e. The molecule has 3 aromatic rings. The van der Waals surface area contributed by atoms with Crippen LogP contribution in [0.4, 0.5) is 0 Å². The summed E-state index contributed by atoms with van der Waals surface area (Å²) in [6.07, 6.45) is 3.29. The molecule has 0 saturated heterocycles. The van der Waals surface area contributed by atoms with Crippen molar-refractivity contribution >= 4 is 16.8 Å². The normalized spacial score (nSPS) is 19.9. The summed E-state index contributed by atoms with van der Waals surface area (Å²) in [5.74, 6) is -0.138. The third-order valence-electron chi connectivity index (χ3n) is 5.31. The van der Waals surface area contributed by atoms with Crippen LogP contribution in [0.3, 0.4) is 0 Å². The molecule has 1 aromatic carbocycles. The number of aromatic nitrogens is 4. The van der Waals surface area contributed by atoms with Crippen molar-refractivity contribution in [3.8, 4) is 0 Å². The Morgan fingerprint density at radius 2 is 1.81 bits per heavy atom. The molecule has 2 heterocycles. The number of carbonyl (C=O) groups excluding carboxylic acids is 1. The van der Waals surface area contributed by atoms with Crippen LogP contribution in [0, 0.1) is 6.92 Å². The maximum Gasteiger partial charge on any atom is 0.272 e. The molecule has 0 bridgehead atoms. The summed E-state index contributed by atoms with van der Waals surface area (Å²) in [4.78, 5) is 24.8. The van der Waals surface area contributed by atoms with Gasteiger partial charge in [0.2, 0.25) is 0 Å². The second-order valence-electron chi connectivity index (χ2n) is 7.23. The summed E-state index contributed by atoms with van der Waals surface area (Å²) >= 11 is 0. The van der Waals surface area contributed by atoms with Gasteiger partial charge in [-0.1, -0.05) is 18.2 Å². The van der Waals surface area contributed by atoms with E-state index in [0.717, 1.165) is 42.3 Å². The molecule has 0 radical (unpaired) electrons. The molecule has 1 amide bonds. The first-order chi connectivity index (χ1) is 13.0. The van der Waals surface area contributed by atoms with Gasteiger partial charge < -0.3 is 5.32 Å². The second-order valence-corrected chi connectivity index (χ2v) is 7.23. The van der Waals surface area contributed by atoms with E-state index in [-0.39, 0.29) is 23.6 Å². The van der Waals surface area contributed by atoms with Crippen LogP contribution in [0.25, 0.3) is 10.9 Å². The molecule has 0 atom stereocenters. The Kier molecular flexibility index (Phi) is 4.51. The molecular formula is C20H23N5O2. The minimum Gasteiger partial charge on any atom is -0.348 e. The third kappa shape index (κ3) is 3.37. The molecule has 4 rings (SSSR count). The van der Waals surface area contributed by atoms with Crippen LogP contribution < -0.4 is 10.9 Å². The zero-order chi connectivity index (χ0) is 19.0. The van der Waals surface area contributed by atoms with Gasteiger partial charge in [-0.05, 0) is 44.7 Å². The van der Waals surface area contributed by atoms with Crippen molar-refractivity contribution in [1.82, 2.24) is 24.9 Å². The fourth-order valence-electron chi connectivity index (χ4n) is 3.88. The quantitative estimate of drug-likeness (QED) is 0.772. The Balaban J connectivity index is 1.44. The van der Waals surface area contributed by atoms with Gasteiger partial charge in [-0.3, -0.25) is 14.3 Å². The van der Waals surface area contributed by atoms with E-state index in [1.165, 1.54) is 0 Å². The molecule has 7 heteroatoms. The molecule has 1 fully saturated rings. The van der Waals surface area contributed by atoms with Crippen LogP contribution in [-0.2, 0) is 7.05 Å². The average molecular weight is 365 g/mol. The second kappa shape index (κ2) is 6.98. The van der Waals surface area contributed by atoms with Crippen molar-refractivity contribution in [1.29, 1.82) is 0 Å². The van der Waals surface area contributed by atoms with Crippen molar-refractivity contribution in [2.45, 2.75) is 44.7 Å². The van der Waals surface area contributed by atoms with Crippen molar-refractivity contribution in [2.75, 3.05) is 0 Å². The first-order valence-electron chi connectivity index (χ1n) is 9.32. The smallest absolute Gasteiger partial charge is 0.272 e. The number of aryl methyl sites for hydroxylation is 2. The lowest BCUT2D eigenvalue weighted by Crippen LogP contribution is -2.39. The summed E-state index contributed by atoms with van der Waals surface area (Å²) in [7, 11) is 1.84. The van der Waals surface area contributed by atoms with Crippen LogP contribution >= 0.6 is 0 Å². The number of carbonyl (C=O) groups is 1. The fourth-order valence-corrected chi connectivity index (χ4v) is 3.88. The Morgan fingerprint density at radius 1 is 1.07 bits per heavy atom. The Bertz CT molecular complexity index is 1040. The standard InChI is InChI=1S/C20H23N5O2/c1-13-7-12-18(26)25(22-13)15-10-8-14(9-11-15)21-20(27)19-16-5-3-4-6-17(16)24(2)23-19/h3-7,12,14-15H,8-11H2,1-2H3,(H,21,27). The number of hydrogen-bond donors (Lipinski definition) is 1. The number of benzene rings is 1. The van der Waals surface area contributed by atoms with E-state index in [4.69, 9.17) is 0 Å². The van der Waals surface area contributed by atoms with E-state index in [2.05, 4.69) is 15.5 Å². The van der Waals surface area contributed by atoms with E-state index in [1.807, 2.05) is 38.2 Å². The monoisotopic (exact) mass is 365 g/mol. The number of amides is 1. The molecule has 27 heavy (non-hydrogen) atoms. The molecule has 1 N–H and O–H groups in total. The molecule has 2 aromatic heterocycles. The maximum absolute atomic E-state index is 12.7. The molecule has 1 aliphatic rings. The van der Waals surface area contributed by atoms with Gasteiger partial charge in [0, 0.05) is 24.5 Å². The number of para-hydroxylation sites is 1. The van der Waals surface area contributed by atoms with E-state index in [9.17, 15) is 9.59 Å². The minimum absolute atomic E-state index is 0.0620. The van der Waals surface area contributed by atoms with Gasteiger partial charge in [-0.15, -0.1) is 0 Å². The number of nitrogens with zero attached hydrogens (tertiary/aromatic N) is 4. The lowest BCUT2D eigenvalue weighted by Gasteiger charge is -2.29. The minimum atomic E-state index is -0.138. The number of fused-ring (bicyclic) bond motifs is 1. The molecule has 0 aliphatic heterocycles. The molecular weight excluding hydrogens is 342 g/mol. The van der Waals surface area contributed by atoms with Gasteiger partial charge >= 0.3 is 0 Å². The lowest BCUT2D eigenvalue weighted by atomic mass is 9.91. The van der Waals surface area contributed by atoms with Gasteiger partial charge in [0.25, 0.3) is 11.5 Å². The molecule has 1 saturated carbocycles. The number of nitrogens with one attached hydrogen (secondary N) is 1. The average Bonchev–Trinajstić information content (AvgIpc) is 3.02. The van der Waals surface area contributed by atoms with E-state index in [0.29, 0.717) is 5.69 Å². The van der Waals surface area contributed by atoms with Crippen LogP contribution in [0.1, 0.15) is 47.9 Å². The van der Waals surface area contributed by atoms with Gasteiger partial charge in [0.05, 0.1) is 17.3 Å². The van der Waals surface area contributed by atoms with Crippen LogP contribution in [0.5, 0.6) is 0 Å². The molecule has 0 unspecified atom stereocenters. The Labute approximate surface area is 157 Å².